The van der Waals surface area contributed by atoms with Crippen molar-refractivity contribution in [3.8, 4) is 0 Å². The third-order valence-corrected chi connectivity index (χ3v) is 2.03. The molecule has 0 aliphatic rings. The SMILES string of the molecule is C=CC(NC)c1ccc(Cl)cc1. The van der Waals surface area contributed by atoms with E-state index >= 15 is 0 Å². The van der Waals surface area contributed by atoms with Crippen LogP contribution in [0, 0.1) is 0 Å². The summed E-state index contributed by atoms with van der Waals surface area (Å²) in [6.07, 6.45) is 1.86. The van der Waals surface area contributed by atoms with Gasteiger partial charge in [-0.2, -0.15) is 0 Å². The number of rotatable bonds is 3. The molecule has 1 unspecified atom stereocenters. The van der Waals surface area contributed by atoms with Gasteiger partial charge in [-0.1, -0.05) is 29.8 Å². The van der Waals surface area contributed by atoms with E-state index < -0.39 is 0 Å². The second-order valence-electron chi connectivity index (χ2n) is 2.55. The summed E-state index contributed by atoms with van der Waals surface area (Å²) in [5.41, 5.74) is 1.18. The van der Waals surface area contributed by atoms with E-state index in [2.05, 4.69) is 11.9 Å². The van der Waals surface area contributed by atoms with Crippen molar-refractivity contribution < 1.29 is 0 Å². The molecule has 64 valence electrons. The monoisotopic (exact) mass is 181 g/mol. The Balaban J connectivity index is 2.87. The van der Waals surface area contributed by atoms with Gasteiger partial charge in [0.2, 0.25) is 0 Å². The van der Waals surface area contributed by atoms with E-state index in [1.807, 2.05) is 37.4 Å². The summed E-state index contributed by atoms with van der Waals surface area (Å²) in [6, 6.07) is 7.95. The second-order valence-corrected chi connectivity index (χ2v) is 2.99. The predicted octanol–water partition coefficient (Wildman–Crippen LogP) is 2.79. The minimum Gasteiger partial charge on any atom is -0.310 e. The third-order valence-electron chi connectivity index (χ3n) is 1.78. The zero-order chi connectivity index (χ0) is 8.97. The molecule has 1 aromatic rings. The van der Waals surface area contributed by atoms with Crippen molar-refractivity contribution in [1.29, 1.82) is 0 Å². The number of hydrogen-bond acceptors (Lipinski definition) is 1. The van der Waals surface area contributed by atoms with Crippen molar-refractivity contribution in [2.24, 2.45) is 0 Å². The quantitative estimate of drug-likeness (QED) is 0.708. The number of likely N-dealkylation sites (N-methyl/N-ethyl adjacent to an activating group) is 1. The lowest BCUT2D eigenvalue weighted by Crippen LogP contribution is -2.13. The average molecular weight is 182 g/mol. The fraction of sp³-hybridized carbons (Fsp3) is 0.200. The van der Waals surface area contributed by atoms with Crippen molar-refractivity contribution >= 4 is 11.6 Å². The van der Waals surface area contributed by atoms with Gasteiger partial charge in [-0.25, -0.2) is 0 Å². The van der Waals surface area contributed by atoms with Crippen LogP contribution in [0.5, 0.6) is 0 Å². The van der Waals surface area contributed by atoms with Crippen molar-refractivity contribution in [3.63, 3.8) is 0 Å². The standard InChI is InChI=1S/C10H12ClN/c1-3-10(12-2)8-4-6-9(11)7-5-8/h3-7,10,12H,1H2,2H3. The Kier molecular flexibility index (Phi) is 3.32. The molecule has 0 saturated heterocycles. The summed E-state index contributed by atoms with van der Waals surface area (Å²) in [7, 11) is 1.90. The second kappa shape index (κ2) is 4.29. The van der Waals surface area contributed by atoms with Gasteiger partial charge in [-0.3, -0.25) is 0 Å². The van der Waals surface area contributed by atoms with Gasteiger partial charge in [0.1, 0.15) is 0 Å². The topological polar surface area (TPSA) is 12.0 Å². The van der Waals surface area contributed by atoms with Crippen molar-refractivity contribution in [1.82, 2.24) is 5.32 Å². The third kappa shape index (κ3) is 2.10. The molecule has 12 heavy (non-hydrogen) atoms. The number of benzene rings is 1. The number of hydrogen-bond donors (Lipinski definition) is 1. The molecule has 0 spiro atoms. The Morgan fingerprint density at radius 3 is 2.42 bits per heavy atom. The maximum absolute atomic E-state index is 5.76. The van der Waals surface area contributed by atoms with Crippen LogP contribution in [0.25, 0.3) is 0 Å². The van der Waals surface area contributed by atoms with E-state index in [9.17, 15) is 0 Å². The van der Waals surface area contributed by atoms with Crippen LogP contribution < -0.4 is 5.32 Å². The van der Waals surface area contributed by atoms with E-state index in [4.69, 9.17) is 11.6 Å². The summed E-state index contributed by atoms with van der Waals surface area (Å²) in [6.45, 7) is 3.74. The van der Waals surface area contributed by atoms with Crippen LogP contribution in [0.15, 0.2) is 36.9 Å². The molecular weight excluding hydrogens is 170 g/mol. The summed E-state index contributed by atoms with van der Waals surface area (Å²) >= 11 is 5.76. The molecule has 0 bridgehead atoms. The van der Waals surface area contributed by atoms with Crippen LogP contribution in [0.1, 0.15) is 11.6 Å². The summed E-state index contributed by atoms with van der Waals surface area (Å²) < 4.78 is 0. The maximum atomic E-state index is 5.76. The molecule has 1 aromatic carbocycles. The first kappa shape index (κ1) is 9.30. The van der Waals surface area contributed by atoms with Crippen LogP contribution >= 0.6 is 11.6 Å². The van der Waals surface area contributed by atoms with Gasteiger partial charge in [0.25, 0.3) is 0 Å². The first-order valence-corrected chi connectivity index (χ1v) is 4.21. The highest BCUT2D eigenvalue weighted by Crippen LogP contribution is 2.16. The minimum atomic E-state index is 0.210. The maximum Gasteiger partial charge on any atom is 0.0501 e. The molecule has 2 heteroatoms. The Morgan fingerprint density at radius 1 is 1.42 bits per heavy atom. The molecule has 0 aliphatic heterocycles. The summed E-state index contributed by atoms with van der Waals surface area (Å²) in [5, 5.41) is 3.89. The van der Waals surface area contributed by atoms with E-state index in [1.165, 1.54) is 5.56 Å². The molecule has 0 fully saturated rings. The van der Waals surface area contributed by atoms with Crippen LogP contribution in [0.2, 0.25) is 5.02 Å². The lowest BCUT2D eigenvalue weighted by Gasteiger charge is -2.10. The molecule has 0 amide bonds. The molecule has 0 saturated carbocycles. The molecule has 1 nitrogen and oxygen atoms in total. The van der Waals surface area contributed by atoms with E-state index in [0.29, 0.717) is 0 Å². The molecule has 1 N–H and O–H groups in total. The van der Waals surface area contributed by atoms with Gasteiger partial charge in [-0.15, -0.1) is 6.58 Å². The molecule has 1 rings (SSSR count). The Bertz CT molecular complexity index is 253. The summed E-state index contributed by atoms with van der Waals surface area (Å²) in [5.74, 6) is 0. The van der Waals surface area contributed by atoms with Gasteiger partial charge >= 0.3 is 0 Å². The van der Waals surface area contributed by atoms with Crippen molar-refractivity contribution in [3.05, 3.63) is 47.5 Å². The van der Waals surface area contributed by atoms with E-state index in [1.54, 1.807) is 0 Å². The van der Waals surface area contributed by atoms with Crippen LogP contribution in [-0.4, -0.2) is 7.05 Å². The van der Waals surface area contributed by atoms with Gasteiger partial charge in [-0.05, 0) is 24.7 Å². The fourth-order valence-electron chi connectivity index (χ4n) is 1.09. The predicted molar refractivity (Wildman–Crippen MR) is 53.4 cm³/mol. The van der Waals surface area contributed by atoms with Gasteiger partial charge < -0.3 is 5.32 Å². The normalized spacial score (nSPS) is 12.5. The average Bonchev–Trinajstić information content (AvgIpc) is 2.10. The molecular formula is C10H12ClN. The highest BCUT2D eigenvalue weighted by atomic mass is 35.5. The Morgan fingerprint density at radius 2 is 2.00 bits per heavy atom. The van der Waals surface area contributed by atoms with Crippen molar-refractivity contribution in [2.45, 2.75) is 6.04 Å². The van der Waals surface area contributed by atoms with E-state index in [-0.39, 0.29) is 6.04 Å². The molecule has 0 radical (unpaired) electrons. The van der Waals surface area contributed by atoms with Crippen LogP contribution in [0.3, 0.4) is 0 Å². The van der Waals surface area contributed by atoms with Crippen LogP contribution in [-0.2, 0) is 0 Å². The smallest absolute Gasteiger partial charge is 0.0501 e. The fourth-order valence-corrected chi connectivity index (χ4v) is 1.22. The Labute approximate surface area is 78.1 Å². The first-order chi connectivity index (χ1) is 5.77. The zero-order valence-electron chi connectivity index (χ0n) is 7.05. The molecule has 1 atom stereocenters. The lowest BCUT2D eigenvalue weighted by atomic mass is 10.1. The van der Waals surface area contributed by atoms with Gasteiger partial charge in [0.15, 0.2) is 0 Å². The van der Waals surface area contributed by atoms with Gasteiger partial charge in [0.05, 0.1) is 6.04 Å². The van der Waals surface area contributed by atoms with Crippen molar-refractivity contribution in [2.75, 3.05) is 7.05 Å². The summed E-state index contributed by atoms with van der Waals surface area (Å²) in [4.78, 5) is 0. The Hall–Kier alpha value is -0.790. The highest BCUT2D eigenvalue weighted by Gasteiger charge is 2.02. The molecule has 0 aliphatic carbocycles. The molecule has 0 aromatic heterocycles. The van der Waals surface area contributed by atoms with Gasteiger partial charge in [0, 0.05) is 5.02 Å². The minimum absolute atomic E-state index is 0.210. The zero-order valence-corrected chi connectivity index (χ0v) is 7.81. The highest BCUT2D eigenvalue weighted by molar-refractivity contribution is 6.30. The van der Waals surface area contributed by atoms with E-state index in [0.717, 1.165) is 5.02 Å². The molecule has 0 heterocycles. The largest absolute Gasteiger partial charge is 0.310 e. The first-order valence-electron chi connectivity index (χ1n) is 3.83. The lowest BCUT2D eigenvalue weighted by molar-refractivity contribution is 0.716. The number of halogens is 1. The van der Waals surface area contributed by atoms with Crippen LogP contribution in [0.4, 0.5) is 0 Å². The number of nitrogens with one attached hydrogen (secondary N) is 1.